The minimum Gasteiger partial charge on any atom is -0.493 e. The van der Waals surface area contributed by atoms with Crippen LogP contribution in [0.5, 0.6) is 11.5 Å². The van der Waals surface area contributed by atoms with E-state index in [4.69, 9.17) is 21.1 Å². The molecule has 0 radical (unpaired) electrons. The van der Waals surface area contributed by atoms with Crippen molar-refractivity contribution < 1.29 is 14.3 Å². The van der Waals surface area contributed by atoms with Crippen LogP contribution >= 0.6 is 11.6 Å². The van der Waals surface area contributed by atoms with E-state index in [9.17, 15) is 4.79 Å². The van der Waals surface area contributed by atoms with Crippen molar-refractivity contribution in [3.63, 3.8) is 0 Å². The number of benzene rings is 2. The van der Waals surface area contributed by atoms with Gasteiger partial charge in [0.25, 0.3) is 5.91 Å². The molecular weight excluding hydrogens is 338 g/mol. The predicted molar refractivity (Wildman–Crippen MR) is 101 cm³/mol. The summed E-state index contributed by atoms with van der Waals surface area (Å²) < 4.78 is 11.2. The average molecular weight is 362 g/mol. The van der Waals surface area contributed by atoms with Gasteiger partial charge in [-0.3, -0.25) is 4.79 Å². The number of hydrogen-bond acceptors (Lipinski definition) is 3. The lowest BCUT2D eigenvalue weighted by molar-refractivity contribution is -0.123. The first-order valence-corrected chi connectivity index (χ1v) is 8.92. The first-order valence-electron chi connectivity index (χ1n) is 8.55. The number of carbonyl (C=O) groups is 1. The topological polar surface area (TPSA) is 47.6 Å². The fourth-order valence-electron chi connectivity index (χ4n) is 2.30. The van der Waals surface area contributed by atoms with E-state index in [-0.39, 0.29) is 12.5 Å². The van der Waals surface area contributed by atoms with Crippen molar-refractivity contribution >= 4 is 17.5 Å². The Morgan fingerprint density at radius 2 is 1.84 bits per heavy atom. The van der Waals surface area contributed by atoms with Gasteiger partial charge in [-0.2, -0.15) is 0 Å². The molecule has 0 unspecified atom stereocenters. The van der Waals surface area contributed by atoms with Crippen LogP contribution in [-0.4, -0.2) is 25.7 Å². The highest BCUT2D eigenvalue weighted by Crippen LogP contribution is 2.19. The van der Waals surface area contributed by atoms with Crippen molar-refractivity contribution in [2.75, 3.05) is 19.8 Å². The number of rotatable bonds is 10. The van der Waals surface area contributed by atoms with Crippen LogP contribution in [0.25, 0.3) is 0 Å². The molecule has 0 fully saturated rings. The molecule has 5 heteroatoms. The third-order valence-corrected chi connectivity index (χ3v) is 3.81. The molecule has 0 bridgehead atoms. The fraction of sp³-hybridized carbons (Fsp3) is 0.350. The quantitative estimate of drug-likeness (QED) is 0.643. The van der Waals surface area contributed by atoms with Crippen LogP contribution in [0.3, 0.4) is 0 Å². The second kappa shape index (κ2) is 10.6. The number of carbonyl (C=O) groups excluding carboxylic acids is 1. The van der Waals surface area contributed by atoms with Crippen LogP contribution in [-0.2, 0) is 11.2 Å². The van der Waals surface area contributed by atoms with Crippen molar-refractivity contribution in [2.24, 2.45) is 0 Å². The Morgan fingerprint density at radius 1 is 1.08 bits per heavy atom. The molecular formula is C20H24ClNO3. The van der Waals surface area contributed by atoms with Gasteiger partial charge in [0.1, 0.15) is 11.5 Å². The van der Waals surface area contributed by atoms with Gasteiger partial charge in [-0.25, -0.2) is 0 Å². The molecule has 25 heavy (non-hydrogen) atoms. The van der Waals surface area contributed by atoms with E-state index in [1.807, 2.05) is 18.2 Å². The molecule has 2 aromatic rings. The van der Waals surface area contributed by atoms with Crippen molar-refractivity contribution in [1.29, 1.82) is 0 Å². The van der Waals surface area contributed by atoms with Crippen LogP contribution in [0.2, 0.25) is 5.02 Å². The second-order valence-corrected chi connectivity index (χ2v) is 6.09. The zero-order valence-corrected chi connectivity index (χ0v) is 15.2. The predicted octanol–water partition coefficient (Wildman–Crippen LogP) is 4.26. The molecule has 0 aliphatic rings. The van der Waals surface area contributed by atoms with Gasteiger partial charge < -0.3 is 14.8 Å². The molecule has 0 spiro atoms. The fourth-order valence-corrected chi connectivity index (χ4v) is 2.43. The molecule has 0 aromatic heterocycles. The molecule has 0 saturated carbocycles. The van der Waals surface area contributed by atoms with Crippen LogP contribution in [0.15, 0.2) is 48.5 Å². The van der Waals surface area contributed by atoms with Crippen LogP contribution in [0.1, 0.15) is 25.3 Å². The average Bonchev–Trinajstić information content (AvgIpc) is 2.64. The van der Waals surface area contributed by atoms with E-state index in [0.717, 1.165) is 31.6 Å². The minimum absolute atomic E-state index is 0.00215. The lowest BCUT2D eigenvalue weighted by atomic mass is 10.1. The van der Waals surface area contributed by atoms with Gasteiger partial charge in [0, 0.05) is 11.6 Å². The molecule has 2 aromatic carbocycles. The van der Waals surface area contributed by atoms with E-state index in [1.165, 1.54) is 5.56 Å². The molecule has 4 nitrogen and oxygen atoms in total. The summed E-state index contributed by atoms with van der Waals surface area (Å²) in [5.41, 5.74) is 1.17. The Bertz CT molecular complexity index is 658. The zero-order valence-electron chi connectivity index (χ0n) is 14.5. The molecule has 0 saturated heterocycles. The largest absolute Gasteiger partial charge is 0.493 e. The normalized spacial score (nSPS) is 10.3. The smallest absolute Gasteiger partial charge is 0.257 e. The summed E-state index contributed by atoms with van der Waals surface area (Å²) in [6.45, 7) is 3.41. The summed E-state index contributed by atoms with van der Waals surface area (Å²) in [6, 6.07) is 15.0. The molecule has 0 aliphatic carbocycles. The number of nitrogens with one attached hydrogen (secondary N) is 1. The van der Waals surface area contributed by atoms with Crippen molar-refractivity contribution in [2.45, 2.75) is 26.2 Å². The Morgan fingerprint density at radius 3 is 2.60 bits per heavy atom. The van der Waals surface area contributed by atoms with E-state index in [1.54, 1.807) is 24.3 Å². The van der Waals surface area contributed by atoms with Crippen LogP contribution in [0.4, 0.5) is 0 Å². The number of amides is 1. The van der Waals surface area contributed by atoms with E-state index in [0.29, 0.717) is 17.3 Å². The summed E-state index contributed by atoms with van der Waals surface area (Å²) in [4.78, 5) is 11.8. The number of halogens is 1. The van der Waals surface area contributed by atoms with Gasteiger partial charge >= 0.3 is 0 Å². The monoisotopic (exact) mass is 361 g/mol. The van der Waals surface area contributed by atoms with Gasteiger partial charge in [-0.15, -0.1) is 0 Å². The maximum absolute atomic E-state index is 11.8. The summed E-state index contributed by atoms with van der Waals surface area (Å²) >= 11 is 5.80. The number of ether oxygens (including phenoxy) is 2. The molecule has 1 N–H and O–H groups in total. The molecule has 0 heterocycles. The molecule has 0 aliphatic heterocycles. The molecule has 2 rings (SSSR count). The Kier molecular flexibility index (Phi) is 8.13. The lowest BCUT2D eigenvalue weighted by Gasteiger charge is -2.11. The number of para-hydroxylation sites is 1. The number of aryl methyl sites for hydroxylation is 1. The Balaban J connectivity index is 1.67. The van der Waals surface area contributed by atoms with E-state index < -0.39 is 0 Å². The van der Waals surface area contributed by atoms with E-state index >= 15 is 0 Å². The molecule has 1 amide bonds. The van der Waals surface area contributed by atoms with Crippen LogP contribution in [0, 0.1) is 0 Å². The standard InChI is InChI=1S/C20H24ClNO3/c1-2-14-24-19-8-4-3-6-16(19)7-5-13-22-20(23)15-25-18-11-9-17(21)10-12-18/h3-4,6,8-12H,2,5,7,13-15H2,1H3,(H,22,23). The maximum Gasteiger partial charge on any atom is 0.257 e. The lowest BCUT2D eigenvalue weighted by Crippen LogP contribution is -2.29. The highest BCUT2D eigenvalue weighted by Gasteiger charge is 2.05. The van der Waals surface area contributed by atoms with Gasteiger partial charge in [0.05, 0.1) is 6.61 Å². The van der Waals surface area contributed by atoms with Gasteiger partial charge in [-0.05, 0) is 55.2 Å². The molecule has 134 valence electrons. The summed E-state index contributed by atoms with van der Waals surface area (Å²) in [5.74, 6) is 1.42. The summed E-state index contributed by atoms with van der Waals surface area (Å²) in [5, 5.41) is 3.51. The van der Waals surface area contributed by atoms with Gasteiger partial charge in [0.15, 0.2) is 6.61 Å². The van der Waals surface area contributed by atoms with Gasteiger partial charge in [-0.1, -0.05) is 36.7 Å². The van der Waals surface area contributed by atoms with Crippen LogP contribution < -0.4 is 14.8 Å². The second-order valence-electron chi connectivity index (χ2n) is 5.65. The van der Waals surface area contributed by atoms with E-state index in [2.05, 4.69) is 18.3 Å². The maximum atomic E-state index is 11.8. The van der Waals surface area contributed by atoms with Crippen molar-refractivity contribution in [1.82, 2.24) is 5.32 Å². The molecule has 0 atom stereocenters. The first-order chi connectivity index (χ1) is 12.2. The first kappa shape index (κ1) is 19.1. The summed E-state index contributed by atoms with van der Waals surface area (Å²) in [7, 11) is 0. The van der Waals surface area contributed by atoms with Gasteiger partial charge in [0.2, 0.25) is 0 Å². The Labute approximate surface area is 154 Å². The third kappa shape index (κ3) is 7.06. The SMILES string of the molecule is CCCOc1ccccc1CCCNC(=O)COc1ccc(Cl)cc1. The highest BCUT2D eigenvalue weighted by molar-refractivity contribution is 6.30. The minimum atomic E-state index is -0.134. The number of hydrogen-bond donors (Lipinski definition) is 1. The Hall–Kier alpha value is -2.20. The summed E-state index contributed by atoms with van der Waals surface area (Å²) in [6.07, 6.45) is 2.69. The van der Waals surface area contributed by atoms with Crippen molar-refractivity contribution in [3.05, 3.63) is 59.1 Å². The highest BCUT2D eigenvalue weighted by atomic mass is 35.5. The zero-order chi connectivity index (χ0) is 17.9. The third-order valence-electron chi connectivity index (χ3n) is 3.56. The van der Waals surface area contributed by atoms with Crippen molar-refractivity contribution in [3.8, 4) is 11.5 Å².